The van der Waals surface area contributed by atoms with Crippen LogP contribution >= 0.6 is 11.6 Å². The van der Waals surface area contributed by atoms with Crippen molar-refractivity contribution in [2.24, 2.45) is 0 Å². The first kappa shape index (κ1) is 15.2. The molecule has 0 aromatic carbocycles. The standard InChI is InChI=1S/C11H17ClN2O3S/c1-11(2,3)14-7-6-13-9(10(14)15)18(16,17)8-4-5-12/h6-7H,4-5,8H2,1-3H3. The Morgan fingerprint density at radius 3 is 2.50 bits per heavy atom. The summed E-state index contributed by atoms with van der Waals surface area (Å²) in [5.74, 6) is 0.0758. The molecule has 0 N–H and O–H groups in total. The maximum absolute atomic E-state index is 12.1. The minimum Gasteiger partial charge on any atom is -0.306 e. The maximum atomic E-state index is 12.1. The van der Waals surface area contributed by atoms with E-state index in [0.717, 1.165) is 0 Å². The van der Waals surface area contributed by atoms with Crippen molar-refractivity contribution in [2.75, 3.05) is 11.6 Å². The molecule has 0 unspecified atom stereocenters. The average molecular weight is 293 g/mol. The molecule has 0 saturated heterocycles. The van der Waals surface area contributed by atoms with Gasteiger partial charge < -0.3 is 4.57 Å². The molecule has 0 atom stereocenters. The topological polar surface area (TPSA) is 69.0 Å². The first-order valence-corrected chi connectivity index (χ1v) is 7.75. The van der Waals surface area contributed by atoms with Crippen molar-refractivity contribution in [3.8, 4) is 0 Å². The van der Waals surface area contributed by atoms with Crippen molar-refractivity contribution in [3.63, 3.8) is 0 Å². The van der Waals surface area contributed by atoms with Crippen LogP contribution in [0.3, 0.4) is 0 Å². The van der Waals surface area contributed by atoms with Gasteiger partial charge in [-0.15, -0.1) is 11.6 Å². The van der Waals surface area contributed by atoms with E-state index >= 15 is 0 Å². The molecule has 0 aliphatic heterocycles. The molecule has 1 aromatic rings. The van der Waals surface area contributed by atoms with Gasteiger partial charge >= 0.3 is 0 Å². The second-order valence-corrected chi connectivity index (χ2v) is 7.34. The maximum Gasteiger partial charge on any atom is 0.288 e. The molecule has 0 amide bonds. The van der Waals surface area contributed by atoms with Crippen LogP contribution in [0.15, 0.2) is 22.2 Å². The lowest BCUT2D eigenvalue weighted by Gasteiger charge is -2.22. The number of nitrogens with zero attached hydrogens (tertiary/aromatic N) is 2. The number of aromatic nitrogens is 2. The highest BCUT2D eigenvalue weighted by Crippen LogP contribution is 2.12. The number of rotatable bonds is 4. The monoisotopic (exact) mass is 292 g/mol. The third-order valence-corrected chi connectivity index (χ3v) is 4.34. The first-order chi connectivity index (χ1) is 8.20. The van der Waals surface area contributed by atoms with Gasteiger partial charge in [0.2, 0.25) is 14.9 Å². The van der Waals surface area contributed by atoms with Crippen LogP contribution < -0.4 is 5.56 Å². The van der Waals surface area contributed by atoms with Crippen LogP contribution in [-0.2, 0) is 15.4 Å². The SMILES string of the molecule is CC(C)(C)n1ccnc(S(=O)(=O)CCCCl)c1=O. The predicted molar refractivity (Wildman–Crippen MR) is 70.9 cm³/mol. The Morgan fingerprint density at radius 2 is 2.00 bits per heavy atom. The van der Waals surface area contributed by atoms with Gasteiger partial charge in [-0.1, -0.05) is 0 Å². The summed E-state index contributed by atoms with van der Waals surface area (Å²) in [6.45, 7) is 5.47. The van der Waals surface area contributed by atoms with Gasteiger partial charge in [-0.25, -0.2) is 13.4 Å². The van der Waals surface area contributed by atoms with Crippen LogP contribution in [0, 0.1) is 0 Å². The Kier molecular flexibility index (Phi) is 4.55. The molecular weight excluding hydrogens is 276 g/mol. The zero-order chi connectivity index (χ0) is 14.0. The summed E-state index contributed by atoms with van der Waals surface area (Å²) < 4.78 is 25.3. The third-order valence-electron chi connectivity index (χ3n) is 2.37. The zero-order valence-corrected chi connectivity index (χ0v) is 12.3. The molecule has 0 spiro atoms. The molecule has 0 bridgehead atoms. The highest BCUT2D eigenvalue weighted by atomic mass is 35.5. The highest BCUT2D eigenvalue weighted by Gasteiger charge is 2.24. The lowest BCUT2D eigenvalue weighted by atomic mass is 10.1. The smallest absolute Gasteiger partial charge is 0.288 e. The van der Waals surface area contributed by atoms with E-state index in [1.165, 1.54) is 17.0 Å². The van der Waals surface area contributed by atoms with Crippen molar-refractivity contribution in [1.29, 1.82) is 0 Å². The summed E-state index contributed by atoms with van der Waals surface area (Å²) in [4.78, 5) is 15.8. The van der Waals surface area contributed by atoms with E-state index in [1.54, 1.807) is 0 Å². The van der Waals surface area contributed by atoms with Crippen molar-refractivity contribution in [2.45, 2.75) is 37.8 Å². The van der Waals surface area contributed by atoms with Crippen LogP contribution in [0.5, 0.6) is 0 Å². The Balaban J connectivity index is 3.33. The van der Waals surface area contributed by atoms with Crippen molar-refractivity contribution in [1.82, 2.24) is 9.55 Å². The van der Waals surface area contributed by atoms with E-state index in [1.807, 2.05) is 20.8 Å². The molecule has 0 radical (unpaired) electrons. The molecule has 1 rings (SSSR count). The molecule has 18 heavy (non-hydrogen) atoms. The van der Waals surface area contributed by atoms with Crippen LogP contribution in [-0.4, -0.2) is 29.6 Å². The fraction of sp³-hybridized carbons (Fsp3) is 0.636. The molecule has 1 aromatic heterocycles. The molecule has 0 aliphatic carbocycles. The molecule has 0 aliphatic rings. The Labute approximate surface area is 112 Å². The zero-order valence-electron chi connectivity index (χ0n) is 10.7. The molecule has 5 nitrogen and oxygen atoms in total. The molecule has 102 valence electrons. The second kappa shape index (κ2) is 5.40. The van der Waals surface area contributed by atoms with E-state index in [2.05, 4.69) is 4.98 Å². The first-order valence-electron chi connectivity index (χ1n) is 5.57. The van der Waals surface area contributed by atoms with E-state index in [9.17, 15) is 13.2 Å². The quantitative estimate of drug-likeness (QED) is 0.787. The fourth-order valence-corrected chi connectivity index (χ4v) is 3.07. The van der Waals surface area contributed by atoms with E-state index in [0.29, 0.717) is 6.42 Å². The van der Waals surface area contributed by atoms with Crippen LogP contribution in [0.1, 0.15) is 27.2 Å². The van der Waals surface area contributed by atoms with E-state index in [4.69, 9.17) is 11.6 Å². The molecule has 7 heteroatoms. The summed E-state index contributed by atoms with van der Waals surface area (Å²) in [7, 11) is -3.66. The van der Waals surface area contributed by atoms with Crippen molar-refractivity contribution < 1.29 is 8.42 Å². The summed E-state index contributed by atoms with van der Waals surface area (Å²) >= 11 is 5.47. The highest BCUT2D eigenvalue weighted by molar-refractivity contribution is 7.91. The van der Waals surface area contributed by atoms with E-state index in [-0.39, 0.29) is 11.6 Å². The summed E-state index contributed by atoms with van der Waals surface area (Å²) in [6.07, 6.45) is 3.12. The van der Waals surface area contributed by atoms with Crippen LogP contribution in [0.25, 0.3) is 0 Å². The Bertz CT molecular complexity index is 573. The molecular formula is C11H17ClN2O3S. The lowest BCUT2D eigenvalue weighted by Crippen LogP contribution is -2.37. The number of alkyl halides is 1. The second-order valence-electron chi connectivity index (χ2n) is 4.94. The predicted octanol–water partition coefficient (Wildman–Crippen LogP) is 1.40. The van der Waals surface area contributed by atoms with E-state index < -0.39 is 26.0 Å². The minimum absolute atomic E-state index is 0.160. The minimum atomic E-state index is -3.66. The fourth-order valence-electron chi connectivity index (χ4n) is 1.48. The Morgan fingerprint density at radius 1 is 1.39 bits per heavy atom. The van der Waals surface area contributed by atoms with Gasteiger partial charge in [0, 0.05) is 23.8 Å². The molecule has 0 fully saturated rings. The van der Waals surface area contributed by atoms with Gasteiger partial charge in [-0.3, -0.25) is 4.79 Å². The number of halogens is 1. The van der Waals surface area contributed by atoms with Gasteiger partial charge in [0.05, 0.1) is 5.75 Å². The van der Waals surface area contributed by atoms with Gasteiger partial charge in [0.15, 0.2) is 0 Å². The Hall–Kier alpha value is -0.880. The van der Waals surface area contributed by atoms with Crippen LogP contribution in [0.4, 0.5) is 0 Å². The van der Waals surface area contributed by atoms with Crippen molar-refractivity contribution in [3.05, 3.63) is 22.7 Å². The van der Waals surface area contributed by atoms with Gasteiger partial charge in [0.1, 0.15) is 0 Å². The van der Waals surface area contributed by atoms with Gasteiger partial charge in [0.25, 0.3) is 5.56 Å². The van der Waals surface area contributed by atoms with Gasteiger partial charge in [-0.05, 0) is 27.2 Å². The number of sulfone groups is 1. The number of hydrogen-bond donors (Lipinski definition) is 0. The normalized spacial score (nSPS) is 12.7. The summed E-state index contributed by atoms with van der Waals surface area (Å²) in [6, 6.07) is 0. The van der Waals surface area contributed by atoms with Crippen molar-refractivity contribution >= 4 is 21.4 Å². The average Bonchev–Trinajstić information content (AvgIpc) is 2.25. The third kappa shape index (κ3) is 3.32. The molecule has 1 heterocycles. The van der Waals surface area contributed by atoms with Gasteiger partial charge in [-0.2, -0.15) is 0 Å². The molecule has 0 saturated carbocycles. The summed E-state index contributed by atoms with van der Waals surface area (Å²) in [5.41, 5.74) is -1.07. The largest absolute Gasteiger partial charge is 0.306 e. The number of hydrogen-bond acceptors (Lipinski definition) is 4. The summed E-state index contributed by atoms with van der Waals surface area (Å²) in [5, 5.41) is -0.398. The van der Waals surface area contributed by atoms with Crippen LogP contribution in [0.2, 0.25) is 0 Å². The lowest BCUT2D eigenvalue weighted by molar-refractivity contribution is 0.376.